The summed E-state index contributed by atoms with van der Waals surface area (Å²) in [5, 5.41) is 0. The fourth-order valence-electron chi connectivity index (χ4n) is 1.76. The second-order valence-electron chi connectivity index (χ2n) is 3.74. The van der Waals surface area contributed by atoms with Crippen LogP contribution in [0.1, 0.15) is 12.1 Å². The smallest absolute Gasteiger partial charge is 0.0452 e. The van der Waals surface area contributed by atoms with E-state index < -0.39 is 0 Å². The summed E-state index contributed by atoms with van der Waals surface area (Å²) in [4.78, 5) is 0. The van der Waals surface area contributed by atoms with Gasteiger partial charge in [0.1, 0.15) is 0 Å². The van der Waals surface area contributed by atoms with Gasteiger partial charge in [0, 0.05) is 21.1 Å². The van der Waals surface area contributed by atoms with E-state index >= 15 is 0 Å². The molecule has 16 heavy (non-hydrogen) atoms. The maximum atomic E-state index is 5.54. The number of halogens is 1. The Kier molecular flexibility index (Phi) is 4.01. The van der Waals surface area contributed by atoms with E-state index in [0.29, 0.717) is 0 Å². The molecule has 0 amide bonds. The molecule has 0 unspecified atom stereocenters. The highest BCUT2D eigenvalue weighted by Gasteiger charge is 2.02. The number of benzene rings is 1. The van der Waals surface area contributed by atoms with Crippen molar-refractivity contribution in [2.75, 3.05) is 6.54 Å². The van der Waals surface area contributed by atoms with Crippen LogP contribution in [-0.2, 0) is 6.42 Å². The summed E-state index contributed by atoms with van der Waals surface area (Å²) < 4.78 is 3.49. The van der Waals surface area contributed by atoms with Gasteiger partial charge in [-0.15, -0.1) is 0 Å². The normalized spacial score (nSPS) is 10.6. The van der Waals surface area contributed by atoms with Crippen LogP contribution in [-0.4, -0.2) is 11.1 Å². The van der Waals surface area contributed by atoms with Crippen LogP contribution in [0, 0.1) is 3.57 Å². The highest BCUT2D eigenvalue weighted by atomic mass is 127. The molecular weight excluding hydrogens is 311 g/mol. The lowest BCUT2D eigenvalue weighted by molar-refractivity contribution is 0.789. The lowest BCUT2D eigenvalue weighted by atomic mass is 10.2. The van der Waals surface area contributed by atoms with Crippen molar-refractivity contribution in [1.82, 2.24) is 4.57 Å². The molecule has 84 valence electrons. The zero-order valence-electron chi connectivity index (χ0n) is 9.07. The average Bonchev–Trinajstić information content (AvgIpc) is 2.75. The van der Waals surface area contributed by atoms with Crippen molar-refractivity contribution in [3.8, 4) is 5.69 Å². The summed E-state index contributed by atoms with van der Waals surface area (Å²) in [6, 6.07) is 12.8. The van der Waals surface area contributed by atoms with Gasteiger partial charge in [-0.25, -0.2) is 0 Å². The highest BCUT2D eigenvalue weighted by Crippen LogP contribution is 2.15. The second kappa shape index (κ2) is 5.50. The van der Waals surface area contributed by atoms with Crippen LogP contribution in [0.3, 0.4) is 0 Å². The van der Waals surface area contributed by atoms with Crippen LogP contribution in [0.25, 0.3) is 5.69 Å². The predicted octanol–water partition coefficient (Wildman–Crippen LogP) is 2.97. The summed E-state index contributed by atoms with van der Waals surface area (Å²) in [5.41, 5.74) is 8.09. The maximum Gasteiger partial charge on any atom is 0.0452 e. The van der Waals surface area contributed by atoms with E-state index in [2.05, 4.69) is 69.8 Å². The Labute approximate surface area is 110 Å². The van der Waals surface area contributed by atoms with Gasteiger partial charge in [0.2, 0.25) is 0 Å². The molecule has 2 N–H and O–H groups in total. The van der Waals surface area contributed by atoms with Crippen molar-refractivity contribution >= 4 is 22.6 Å². The summed E-state index contributed by atoms with van der Waals surface area (Å²) in [6.07, 6.45) is 4.18. The quantitative estimate of drug-likeness (QED) is 0.861. The number of hydrogen-bond acceptors (Lipinski definition) is 1. The molecule has 1 heterocycles. The van der Waals surface area contributed by atoms with Crippen LogP contribution in [0.4, 0.5) is 0 Å². The van der Waals surface area contributed by atoms with Crippen molar-refractivity contribution < 1.29 is 0 Å². The molecule has 0 aliphatic rings. The van der Waals surface area contributed by atoms with Crippen LogP contribution < -0.4 is 5.73 Å². The summed E-state index contributed by atoms with van der Waals surface area (Å²) >= 11 is 2.32. The molecule has 1 aromatic carbocycles. The fraction of sp³-hybridized carbons (Fsp3) is 0.231. The summed E-state index contributed by atoms with van der Waals surface area (Å²) in [6.45, 7) is 0.748. The number of aryl methyl sites for hydroxylation is 1. The molecule has 0 spiro atoms. The van der Waals surface area contributed by atoms with Crippen LogP contribution in [0.2, 0.25) is 0 Å². The van der Waals surface area contributed by atoms with Gasteiger partial charge in [0.05, 0.1) is 0 Å². The SMILES string of the molecule is NCCCc1cccn1-c1ccc(I)cc1. The fourth-order valence-corrected chi connectivity index (χ4v) is 2.12. The number of nitrogens with zero attached hydrogens (tertiary/aromatic N) is 1. The first kappa shape index (κ1) is 11.7. The van der Waals surface area contributed by atoms with E-state index in [-0.39, 0.29) is 0 Å². The Balaban J connectivity index is 2.26. The molecule has 0 bridgehead atoms. The minimum absolute atomic E-state index is 0.748. The van der Waals surface area contributed by atoms with E-state index in [4.69, 9.17) is 5.73 Å². The summed E-state index contributed by atoms with van der Waals surface area (Å²) in [5.74, 6) is 0. The molecule has 0 fully saturated rings. The maximum absolute atomic E-state index is 5.54. The Morgan fingerprint density at radius 1 is 1.12 bits per heavy atom. The largest absolute Gasteiger partial charge is 0.330 e. The van der Waals surface area contributed by atoms with Crippen molar-refractivity contribution in [3.63, 3.8) is 0 Å². The molecule has 0 saturated carbocycles. The number of rotatable bonds is 4. The Morgan fingerprint density at radius 2 is 1.88 bits per heavy atom. The third-order valence-electron chi connectivity index (χ3n) is 2.58. The predicted molar refractivity (Wildman–Crippen MR) is 75.9 cm³/mol. The molecule has 0 radical (unpaired) electrons. The number of hydrogen-bond donors (Lipinski definition) is 1. The van der Waals surface area contributed by atoms with E-state index in [0.717, 1.165) is 19.4 Å². The van der Waals surface area contributed by atoms with Crippen LogP contribution in [0.15, 0.2) is 42.6 Å². The average molecular weight is 326 g/mol. The van der Waals surface area contributed by atoms with Gasteiger partial charge in [-0.05, 0) is 78.4 Å². The molecule has 2 aromatic rings. The Hall–Kier alpha value is -0.810. The number of nitrogens with two attached hydrogens (primary N) is 1. The molecule has 0 aliphatic carbocycles. The van der Waals surface area contributed by atoms with Crippen molar-refractivity contribution in [3.05, 3.63) is 51.9 Å². The van der Waals surface area contributed by atoms with Gasteiger partial charge in [0.25, 0.3) is 0 Å². The zero-order chi connectivity index (χ0) is 11.4. The molecule has 0 saturated heterocycles. The molecule has 1 aromatic heterocycles. The first-order valence-electron chi connectivity index (χ1n) is 5.43. The topological polar surface area (TPSA) is 30.9 Å². The van der Waals surface area contributed by atoms with Gasteiger partial charge in [-0.1, -0.05) is 0 Å². The highest BCUT2D eigenvalue weighted by molar-refractivity contribution is 14.1. The van der Waals surface area contributed by atoms with Crippen LogP contribution >= 0.6 is 22.6 Å². The van der Waals surface area contributed by atoms with Crippen molar-refractivity contribution in [2.24, 2.45) is 5.73 Å². The first-order valence-corrected chi connectivity index (χ1v) is 6.51. The lowest BCUT2D eigenvalue weighted by Crippen LogP contribution is -2.04. The van der Waals surface area contributed by atoms with E-state index in [1.807, 2.05) is 0 Å². The van der Waals surface area contributed by atoms with E-state index in [1.54, 1.807) is 0 Å². The standard InChI is InChI=1S/C13H15IN2/c14-11-5-7-13(8-6-11)16-10-2-4-12(16)3-1-9-15/h2,4-8,10H,1,3,9,15H2. The van der Waals surface area contributed by atoms with Crippen LogP contribution in [0.5, 0.6) is 0 Å². The van der Waals surface area contributed by atoms with Gasteiger partial charge in [0.15, 0.2) is 0 Å². The van der Waals surface area contributed by atoms with E-state index in [9.17, 15) is 0 Å². The molecule has 0 aliphatic heterocycles. The molecule has 2 rings (SSSR count). The monoisotopic (exact) mass is 326 g/mol. The van der Waals surface area contributed by atoms with Gasteiger partial charge < -0.3 is 10.3 Å². The molecular formula is C13H15IN2. The summed E-state index contributed by atoms with van der Waals surface area (Å²) in [7, 11) is 0. The van der Waals surface area contributed by atoms with Crippen molar-refractivity contribution in [1.29, 1.82) is 0 Å². The Morgan fingerprint density at radius 3 is 2.56 bits per heavy atom. The zero-order valence-corrected chi connectivity index (χ0v) is 11.2. The molecule has 0 atom stereocenters. The van der Waals surface area contributed by atoms with Crippen molar-refractivity contribution in [2.45, 2.75) is 12.8 Å². The van der Waals surface area contributed by atoms with Gasteiger partial charge in [-0.2, -0.15) is 0 Å². The Bertz CT molecular complexity index is 445. The first-order chi connectivity index (χ1) is 7.81. The second-order valence-corrected chi connectivity index (χ2v) is 4.98. The molecule has 2 nitrogen and oxygen atoms in total. The molecule has 3 heteroatoms. The third-order valence-corrected chi connectivity index (χ3v) is 3.29. The third kappa shape index (κ3) is 2.65. The number of aromatic nitrogens is 1. The van der Waals surface area contributed by atoms with Gasteiger partial charge >= 0.3 is 0 Å². The van der Waals surface area contributed by atoms with Gasteiger partial charge in [-0.3, -0.25) is 0 Å². The minimum atomic E-state index is 0.748. The minimum Gasteiger partial charge on any atom is -0.330 e. The lowest BCUT2D eigenvalue weighted by Gasteiger charge is -2.08. The van der Waals surface area contributed by atoms with E-state index in [1.165, 1.54) is 15.0 Å².